The van der Waals surface area contributed by atoms with E-state index in [0.717, 1.165) is 22.8 Å². The zero-order valence-corrected chi connectivity index (χ0v) is 12.1. The zero-order chi connectivity index (χ0) is 14.8. The van der Waals surface area contributed by atoms with Gasteiger partial charge in [-0.15, -0.1) is 0 Å². The van der Waals surface area contributed by atoms with Crippen molar-refractivity contribution < 1.29 is 0 Å². The lowest BCUT2D eigenvalue weighted by atomic mass is 10.1. The summed E-state index contributed by atoms with van der Waals surface area (Å²) in [5, 5.41) is 3.21. The molecule has 0 bridgehead atoms. The van der Waals surface area contributed by atoms with Gasteiger partial charge in [0, 0.05) is 23.5 Å². The van der Waals surface area contributed by atoms with Gasteiger partial charge in [-0.3, -0.25) is 4.79 Å². The van der Waals surface area contributed by atoms with E-state index in [1.54, 1.807) is 12.1 Å². The molecule has 1 unspecified atom stereocenters. The first-order valence-corrected chi connectivity index (χ1v) is 6.95. The molecule has 4 nitrogen and oxygen atoms in total. The maximum absolute atomic E-state index is 11.5. The van der Waals surface area contributed by atoms with Crippen molar-refractivity contribution in [2.75, 3.05) is 7.05 Å². The summed E-state index contributed by atoms with van der Waals surface area (Å²) < 4.78 is 2.06. The third kappa shape index (κ3) is 2.58. The van der Waals surface area contributed by atoms with Crippen molar-refractivity contribution in [1.29, 1.82) is 0 Å². The summed E-state index contributed by atoms with van der Waals surface area (Å²) in [6, 6.07) is 15.1. The van der Waals surface area contributed by atoms with Crippen molar-refractivity contribution in [2.45, 2.75) is 13.0 Å². The lowest BCUT2D eigenvalue weighted by Crippen LogP contribution is -2.21. The highest BCUT2D eigenvalue weighted by Gasteiger charge is 2.15. The van der Waals surface area contributed by atoms with E-state index in [-0.39, 0.29) is 11.5 Å². The van der Waals surface area contributed by atoms with E-state index in [4.69, 9.17) is 0 Å². The Morgan fingerprint density at radius 2 is 1.90 bits per heavy atom. The molecule has 1 aliphatic heterocycles. The molecule has 1 aromatic carbocycles. The van der Waals surface area contributed by atoms with Gasteiger partial charge in [-0.2, -0.15) is 0 Å². The first kappa shape index (κ1) is 13.5. The monoisotopic (exact) mass is 279 g/mol. The van der Waals surface area contributed by atoms with E-state index < -0.39 is 0 Å². The number of nitrogens with zero attached hydrogens (tertiary/aromatic N) is 2. The lowest BCUT2D eigenvalue weighted by molar-refractivity contribution is 0.590. The molecule has 4 heteroatoms. The number of hydrogen-bond donors (Lipinski definition) is 1. The maximum atomic E-state index is 11.5. The third-order valence-corrected chi connectivity index (χ3v) is 3.61. The summed E-state index contributed by atoms with van der Waals surface area (Å²) in [6.07, 6.45) is 2.03. The highest BCUT2D eigenvalue weighted by Crippen LogP contribution is 2.23. The molecule has 0 aromatic heterocycles. The molecule has 1 atom stereocenters. The molecular weight excluding hydrogens is 262 g/mol. The largest absolute Gasteiger partial charge is 0.311 e. The topological polar surface area (TPSA) is 46.9 Å². The van der Waals surface area contributed by atoms with Crippen LogP contribution in [0, 0.1) is 0 Å². The Morgan fingerprint density at radius 1 is 1.14 bits per heavy atom. The number of para-hydroxylation sites is 1. The third-order valence-electron chi connectivity index (χ3n) is 3.61. The van der Waals surface area contributed by atoms with Crippen molar-refractivity contribution in [2.24, 2.45) is 0 Å². The Hall–Kier alpha value is -2.46. The molecule has 1 aliphatic carbocycles. The van der Waals surface area contributed by atoms with Gasteiger partial charge in [0.2, 0.25) is 0 Å². The number of nitrogens with one attached hydrogen (secondary N) is 1. The molecule has 0 amide bonds. The number of hydrogen-bond acceptors (Lipinski definition) is 3. The molecule has 106 valence electrons. The van der Waals surface area contributed by atoms with E-state index in [1.807, 2.05) is 49.6 Å². The van der Waals surface area contributed by atoms with Crippen molar-refractivity contribution in [3.63, 3.8) is 0 Å². The second-order valence-corrected chi connectivity index (χ2v) is 5.04. The molecule has 2 aliphatic rings. The first-order valence-electron chi connectivity index (χ1n) is 6.95. The molecule has 3 rings (SSSR count). The van der Waals surface area contributed by atoms with E-state index in [0.29, 0.717) is 0 Å². The summed E-state index contributed by atoms with van der Waals surface area (Å²) in [4.78, 5) is 16.2. The smallest absolute Gasteiger partial charge is 0.180 e. The van der Waals surface area contributed by atoms with Crippen molar-refractivity contribution in [1.82, 2.24) is 14.9 Å². The van der Waals surface area contributed by atoms with Crippen LogP contribution in [-0.4, -0.2) is 16.6 Å². The molecule has 1 aromatic rings. The minimum Gasteiger partial charge on any atom is -0.311 e. The van der Waals surface area contributed by atoms with Crippen LogP contribution in [0.25, 0.3) is 16.9 Å². The summed E-state index contributed by atoms with van der Waals surface area (Å²) in [5.41, 5.74) is 2.71. The van der Waals surface area contributed by atoms with Crippen LogP contribution in [0.3, 0.4) is 0 Å². The molecule has 0 spiro atoms. The van der Waals surface area contributed by atoms with Crippen molar-refractivity contribution >= 4 is 0 Å². The second-order valence-electron chi connectivity index (χ2n) is 5.04. The second kappa shape index (κ2) is 5.50. The fourth-order valence-electron chi connectivity index (χ4n) is 2.34. The van der Waals surface area contributed by atoms with E-state index in [1.165, 1.54) is 0 Å². The normalized spacial score (nSPS) is 12.5. The SMILES string of the molecule is CNC(C)c1nc2cc(=O)ccc-2cn1-c1ccccc1. The highest BCUT2D eigenvalue weighted by molar-refractivity contribution is 5.60. The van der Waals surface area contributed by atoms with Gasteiger partial charge in [0.05, 0.1) is 11.7 Å². The van der Waals surface area contributed by atoms with E-state index in [9.17, 15) is 4.79 Å². The summed E-state index contributed by atoms with van der Waals surface area (Å²) in [5.74, 6) is 0.877. The molecule has 0 saturated heterocycles. The molecule has 0 saturated carbocycles. The summed E-state index contributed by atoms with van der Waals surface area (Å²) >= 11 is 0. The highest BCUT2D eigenvalue weighted by atomic mass is 16.1. The fraction of sp³-hybridized carbons (Fsp3) is 0.176. The Balaban J connectivity index is 2.29. The molecule has 0 radical (unpaired) electrons. The summed E-state index contributed by atoms with van der Waals surface area (Å²) in [7, 11) is 1.90. The van der Waals surface area contributed by atoms with Crippen LogP contribution in [0.1, 0.15) is 18.8 Å². The molecule has 0 fully saturated rings. The van der Waals surface area contributed by atoms with Crippen LogP contribution < -0.4 is 10.7 Å². The first-order chi connectivity index (χ1) is 10.2. The molecular formula is C17H17N3O. The van der Waals surface area contributed by atoms with Gasteiger partial charge in [0.1, 0.15) is 5.82 Å². The minimum atomic E-state index is -0.0180. The van der Waals surface area contributed by atoms with Crippen LogP contribution in [-0.2, 0) is 0 Å². The van der Waals surface area contributed by atoms with Gasteiger partial charge in [-0.25, -0.2) is 4.98 Å². The van der Waals surface area contributed by atoms with Gasteiger partial charge < -0.3 is 9.88 Å². The van der Waals surface area contributed by atoms with Crippen LogP contribution in [0.5, 0.6) is 0 Å². The van der Waals surface area contributed by atoms with E-state index in [2.05, 4.69) is 21.8 Å². The fourth-order valence-corrected chi connectivity index (χ4v) is 2.34. The summed E-state index contributed by atoms with van der Waals surface area (Å²) in [6.45, 7) is 2.05. The Kier molecular flexibility index (Phi) is 3.54. The predicted molar refractivity (Wildman–Crippen MR) is 83.9 cm³/mol. The van der Waals surface area contributed by atoms with E-state index >= 15 is 0 Å². The molecule has 1 N–H and O–H groups in total. The maximum Gasteiger partial charge on any atom is 0.180 e. The van der Waals surface area contributed by atoms with Crippen LogP contribution in [0.15, 0.2) is 59.5 Å². The number of aromatic nitrogens is 2. The van der Waals surface area contributed by atoms with Crippen LogP contribution in [0.4, 0.5) is 0 Å². The number of fused-ring (bicyclic) bond motifs is 1. The molecule has 21 heavy (non-hydrogen) atoms. The zero-order valence-electron chi connectivity index (χ0n) is 12.1. The minimum absolute atomic E-state index is 0.0180. The quantitative estimate of drug-likeness (QED) is 0.801. The van der Waals surface area contributed by atoms with Crippen LogP contribution >= 0.6 is 0 Å². The van der Waals surface area contributed by atoms with Gasteiger partial charge >= 0.3 is 0 Å². The van der Waals surface area contributed by atoms with Gasteiger partial charge in [0.15, 0.2) is 5.43 Å². The average Bonchev–Trinajstić information content (AvgIpc) is 2.53. The number of benzene rings is 2. The van der Waals surface area contributed by atoms with Gasteiger partial charge in [-0.1, -0.05) is 18.2 Å². The van der Waals surface area contributed by atoms with Crippen LogP contribution in [0.2, 0.25) is 0 Å². The van der Waals surface area contributed by atoms with Crippen molar-refractivity contribution in [3.8, 4) is 16.9 Å². The predicted octanol–water partition coefficient (Wildman–Crippen LogP) is 2.62. The standard InChI is InChI=1S/C17H17N3O/c1-12(18-2)17-19-16-10-15(21)9-8-13(16)11-20(17)14-6-4-3-5-7-14/h3-12,18H,1-2H3. The number of rotatable bonds is 3. The lowest BCUT2D eigenvalue weighted by Gasteiger charge is -2.20. The Labute approximate surface area is 123 Å². The van der Waals surface area contributed by atoms with Gasteiger partial charge in [0.25, 0.3) is 0 Å². The average molecular weight is 279 g/mol. The van der Waals surface area contributed by atoms with Crippen molar-refractivity contribution in [3.05, 3.63) is 70.8 Å². The van der Waals surface area contributed by atoms with Gasteiger partial charge in [-0.05, 0) is 38.2 Å². The Morgan fingerprint density at radius 3 is 2.62 bits per heavy atom. The Bertz CT molecular complexity index is 780. The molecule has 1 heterocycles.